The zero-order chi connectivity index (χ0) is 15.4. The number of benzene rings is 1. The summed E-state index contributed by atoms with van der Waals surface area (Å²) >= 11 is 0. The number of carbonyl (C=O) groups excluding carboxylic acids is 1. The third-order valence-corrected chi connectivity index (χ3v) is 3.38. The monoisotopic (exact) mass is 277 g/mol. The van der Waals surface area contributed by atoms with E-state index in [0.717, 1.165) is 12.0 Å². The van der Waals surface area contributed by atoms with Gasteiger partial charge in [0.05, 0.1) is 6.04 Å². The molecule has 0 aliphatic heterocycles. The number of ether oxygens (including phenoxy) is 1. The highest BCUT2D eigenvalue weighted by Crippen LogP contribution is 2.29. The van der Waals surface area contributed by atoms with Crippen LogP contribution in [0.15, 0.2) is 30.3 Å². The first kappa shape index (κ1) is 16.7. The van der Waals surface area contributed by atoms with Crippen LogP contribution in [0.1, 0.15) is 52.6 Å². The van der Waals surface area contributed by atoms with Gasteiger partial charge in [0.15, 0.2) is 0 Å². The van der Waals surface area contributed by atoms with E-state index in [1.54, 1.807) is 21.0 Å². The molecule has 0 saturated heterocycles. The summed E-state index contributed by atoms with van der Waals surface area (Å²) in [6.07, 6.45) is 0.878. The zero-order valence-corrected chi connectivity index (χ0v) is 13.5. The van der Waals surface area contributed by atoms with Crippen LogP contribution >= 0.6 is 0 Å². The van der Waals surface area contributed by atoms with Crippen molar-refractivity contribution in [3.05, 3.63) is 35.9 Å². The normalized spacial score (nSPS) is 13.9. The summed E-state index contributed by atoms with van der Waals surface area (Å²) in [5.41, 5.74) is 0.443. The summed E-state index contributed by atoms with van der Waals surface area (Å²) in [6, 6.07) is 10.1. The lowest BCUT2D eigenvalue weighted by atomic mass is 9.85. The van der Waals surface area contributed by atoms with Crippen LogP contribution in [0.25, 0.3) is 0 Å². The zero-order valence-electron chi connectivity index (χ0n) is 13.5. The lowest BCUT2D eigenvalue weighted by molar-refractivity contribution is -0.140. The number of amides is 1. The fraction of sp³-hybridized carbons (Fsp3) is 0.588. The number of nitrogens with one attached hydrogen (secondary N) is 1. The second-order valence-corrected chi connectivity index (χ2v) is 6.92. The van der Waals surface area contributed by atoms with Crippen LogP contribution in [0, 0.1) is 5.41 Å². The first-order chi connectivity index (χ1) is 9.15. The average molecular weight is 277 g/mol. The highest BCUT2D eigenvalue weighted by Gasteiger charge is 2.30. The Morgan fingerprint density at radius 2 is 1.70 bits per heavy atom. The van der Waals surface area contributed by atoms with Gasteiger partial charge in [-0.3, -0.25) is 4.79 Å². The maximum Gasteiger partial charge on any atom is 0.252 e. The molecule has 0 aromatic heterocycles. The van der Waals surface area contributed by atoms with Crippen molar-refractivity contribution in [1.82, 2.24) is 5.32 Å². The molecule has 0 aliphatic carbocycles. The fourth-order valence-electron chi connectivity index (χ4n) is 1.97. The van der Waals surface area contributed by atoms with Crippen LogP contribution in [0.4, 0.5) is 0 Å². The molecule has 0 saturated carbocycles. The SMILES string of the molecule is COC(C)(C)C(=O)NC(CC(C)(C)C)c1ccccc1. The van der Waals surface area contributed by atoms with E-state index in [9.17, 15) is 4.79 Å². The lowest BCUT2D eigenvalue weighted by Crippen LogP contribution is -2.45. The molecule has 1 atom stereocenters. The topological polar surface area (TPSA) is 38.3 Å². The van der Waals surface area contributed by atoms with Crippen molar-refractivity contribution in [2.75, 3.05) is 7.11 Å². The summed E-state index contributed by atoms with van der Waals surface area (Å²) in [6.45, 7) is 10.1. The molecule has 1 unspecified atom stereocenters. The molecule has 0 fully saturated rings. The molecule has 112 valence electrons. The number of hydrogen-bond donors (Lipinski definition) is 1. The minimum atomic E-state index is -0.815. The Labute approximate surface area is 122 Å². The number of rotatable bonds is 5. The van der Waals surface area contributed by atoms with Gasteiger partial charge in [0.2, 0.25) is 0 Å². The molecule has 1 amide bonds. The van der Waals surface area contributed by atoms with E-state index in [1.807, 2.05) is 18.2 Å². The molecule has 0 aliphatic rings. The van der Waals surface area contributed by atoms with Gasteiger partial charge < -0.3 is 10.1 Å². The van der Waals surface area contributed by atoms with E-state index in [0.29, 0.717) is 0 Å². The lowest BCUT2D eigenvalue weighted by Gasteiger charge is -2.30. The standard InChI is InChI=1S/C17H27NO2/c1-16(2,3)12-14(13-10-8-7-9-11-13)18-15(19)17(4,5)20-6/h7-11,14H,12H2,1-6H3,(H,18,19). The van der Waals surface area contributed by atoms with Gasteiger partial charge in [-0.05, 0) is 31.2 Å². The Kier molecular flexibility index (Phi) is 5.35. The van der Waals surface area contributed by atoms with Gasteiger partial charge in [-0.2, -0.15) is 0 Å². The van der Waals surface area contributed by atoms with E-state index < -0.39 is 5.60 Å². The predicted octanol–water partition coefficient (Wildman–Crippen LogP) is 3.71. The molecule has 1 aromatic carbocycles. The highest BCUT2D eigenvalue weighted by molar-refractivity contribution is 5.84. The van der Waals surface area contributed by atoms with Crippen molar-refractivity contribution in [2.24, 2.45) is 5.41 Å². The van der Waals surface area contributed by atoms with Gasteiger partial charge in [-0.25, -0.2) is 0 Å². The van der Waals surface area contributed by atoms with Crippen LogP contribution in [0.2, 0.25) is 0 Å². The van der Waals surface area contributed by atoms with E-state index in [2.05, 4.69) is 38.2 Å². The Balaban J connectivity index is 2.93. The second kappa shape index (κ2) is 6.40. The quantitative estimate of drug-likeness (QED) is 0.891. The summed E-state index contributed by atoms with van der Waals surface area (Å²) in [7, 11) is 1.56. The third kappa shape index (κ3) is 4.97. The maximum absolute atomic E-state index is 12.3. The third-order valence-electron chi connectivity index (χ3n) is 3.38. The molecule has 0 spiro atoms. The Morgan fingerprint density at radius 1 is 1.15 bits per heavy atom. The van der Waals surface area contributed by atoms with E-state index in [-0.39, 0.29) is 17.4 Å². The molecule has 20 heavy (non-hydrogen) atoms. The van der Waals surface area contributed by atoms with Crippen molar-refractivity contribution in [3.8, 4) is 0 Å². The van der Waals surface area contributed by atoms with Gasteiger partial charge in [0.25, 0.3) is 5.91 Å². The largest absolute Gasteiger partial charge is 0.369 e. The molecule has 3 heteroatoms. The number of methoxy groups -OCH3 is 1. The van der Waals surface area contributed by atoms with Crippen LogP contribution < -0.4 is 5.32 Å². The van der Waals surface area contributed by atoms with E-state index in [4.69, 9.17) is 4.74 Å². The van der Waals surface area contributed by atoms with Crippen molar-refractivity contribution >= 4 is 5.91 Å². The first-order valence-electron chi connectivity index (χ1n) is 7.07. The smallest absolute Gasteiger partial charge is 0.252 e. The van der Waals surface area contributed by atoms with Gasteiger partial charge in [-0.1, -0.05) is 51.1 Å². The molecule has 1 rings (SSSR count). The van der Waals surface area contributed by atoms with Crippen LogP contribution in [0.3, 0.4) is 0 Å². The molecule has 1 N–H and O–H groups in total. The maximum atomic E-state index is 12.3. The van der Waals surface area contributed by atoms with Crippen LogP contribution in [-0.2, 0) is 9.53 Å². The van der Waals surface area contributed by atoms with Crippen molar-refractivity contribution in [2.45, 2.75) is 52.7 Å². The Hall–Kier alpha value is -1.35. The minimum absolute atomic E-state index is 0.00174. The average Bonchev–Trinajstić information content (AvgIpc) is 2.37. The van der Waals surface area contributed by atoms with Crippen molar-refractivity contribution in [3.63, 3.8) is 0 Å². The van der Waals surface area contributed by atoms with Crippen LogP contribution in [-0.4, -0.2) is 18.6 Å². The molecule has 0 radical (unpaired) electrons. The van der Waals surface area contributed by atoms with Gasteiger partial charge in [-0.15, -0.1) is 0 Å². The highest BCUT2D eigenvalue weighted by atomic mass is 16.5. The predicted molar refractivity (Wildman–Crippen MR) is 82.5 cm³/mol. The van der Waals surface area contributed by atoms with Crippen molar-refractivity contribution < 1.29 is 9.53 Å². The Bertz CT molecular complexity index is 432. The van der Waals surface area contributed by atoms with Crippen LogP contribution in [0.5, 0.6) is 0 Å². The molecular weight excluding hydrogens is 250 g/mol. The number of hydrogen-bond acceptors (Lipinski definition) is 2. The fourth-order valence-corrected chi connectivity index (χ4v) is 1.97. The number of carbonyl (C=O) groups is 1. The molecule has 1 aromatic rings. The Morgan fingerprint density at radius 3 is 2.15 bits per heavy atom. The van der Waals surface area contributed by atoms with E-state index in [1.165, 1.54) is 0 Å². The first-order valence-corrected chi connectivity index (χ1v) is 7.07. The van der Waals surface area contributed by atoms with Gasteiger partial charge >= 0.3 is 0 Å². The molecular formula is C17H27NO2. The van der Waals surface area contributed by atoms with E-state index >= 15 is 0 Å². The minimum Gasteiger partial charge on any atom is -0.369 e. The molecule has 3 nitrogen and oxygen atoms in total. The van der Waals surface area contributed by atoms with Crippen molar-refractivity contribution in [1.29, 1.82) is 0 Å². The summed E-state index contributed by atoms with van der Waals surface area (Å²) in [4.78, 5) is 12.3. The summed E-state index contributed by atoms with van der Waals surface area (Å²) in [5.74, 6) is -0.0851. The molecule has 0 heterocycles. The summed E-state index contributed by atoms with van der Waals surface area (Å²) in [5, 5.41) is 3.12. The second-order valence-electron chi connectivity index (χ2n) is 6.92. The van der Waals surface area contributed by atoms with Gasteiger partial charge in [0.1, 0.15) is 5.60 Å². The molecule has 0 bridgehead atoms. The summed E-state index contributed by atoms with van der Waals surface area (Å²) < 4.78 is 5.25. The van der Waals surface area contributed by atoms with Gasteiger partial charge in [0, 0.05) is 7.11 Å².